The Morgan fingerprint density at radius 2 is 2.40 bits per heavy atom. The first kappa shape index (κ1) is 10.4. The third-order valence-electron chi connectivity index (χ3n) is 2.93. The summed E-state index contributed by atoms with van der Waals surface area (Å²) in [6, 6.07) is 0. The molecule has 15 heavy (non-hydrogen) atoms. The zero-order chi connectivity index (χ0) is 10.9. The van der Waals surface area contributed by atoms with Crippen LogP contribution in [0.2, 0.25) is 0 Å². The SMILES string of the molecule is CN(C)C(=O)C1=NOC2(CCCNC2)C1. The van der Waals surface area contributed by atoms with Crippen LogP contribution in [0.25, 0.3) is 0 Å². The Kier molecular flexibility index (Phi) is 2.65. The van der Waals surface area contributed by atoms with E-state index in [1.165, 1.54) is 4.90 Å². The largest absolute Gasteiger partial charge is 0.387 e. The highest BCUT2D eigenvalue weighted by atomic mass is 16.7. The molecule has 1 atom stereocenters. The van der Waals surface area contributed by atoms with Crippen molar-refractivity contribution >= 4 is 11.6 Å². The highest BCUT2D eigenvalue weighted by molar-refractivity contribution is 6.39. The average molecular weight is 211 g/mol. The van der Waals surface area contributed by atoms with E-state index in [1.54, 1.807) is 14.1 Å². The lowest BCUT2D eigenvalue weighted by Gasteiger charge is -2.30. The van der Waals surface area contributed by atoms with Crippen LogP contribution in [0, 0.1) is 0 Å². The molecule has 1 fully saturated rings. The van der Waals surface area contributed by atoms with Crippen LogP contribution in [-0.4, -0.2) is 49.3 Å². The molecule has 1 amide bonds. The predicted molar refractivity (Wildman–Crippen MR) is 56.7 cm³/mol. The Hall–Kier alpha value is -1.10. The summed E-state index contributed by atoms with van der Waals surface area (Å²) in [5.41, 5.74) is 0.294. The number of nitrogens with zero attached hydrogens (tertiary/aromatic N) is 2. The number of nitrogens with one attached hydrogen (secondary N) is 1. The van der Waals surface area contributed by atoms with Crippen LogP contribution in [0.4, 0.5) is 0 Å². The molecule has 1 unspecified atom stereocenters. The van der Waals surface area contributed by atoms with E-state index in [4.69, 9.17) is 4.84 Å². The van der Waals surface area contributed by atoms with Crippen LogP contribution in [0.3, 0.4) is 0 Å². The summed E-state index contributed by atoms with van der Waals surface area (Å²) in [4.78, 5) is 18.6. The van der Waals surface area contributed by atoms with Crippen molar-refractivity contribution < 1.29 is 9.63 Å². The van der Waals surface area contributed by atoms with Crippen LogP contribution in [0.1, 0.15) is 19.3 Å². The Morgan fingerprint density at radius 3 is 3.00 bits per heavy atom. The van der Waals surface area contributed by atoms with Crippen molar-refractivity contribution in [2.24, 2.45) is 5.16 Å². The van der Waals surface area contributed by atoms with Crippen molar-refractivity contribution in [2.45, 2.75) is 24.9 Å². The molecule has 0 aliphatic carbocycles. The van der Waals surface area contributed by atoms with E-state index in [1.807, 2.05) is 0 Å². The number of amides is 1. The first-order valence-corrected chi connectivity index (χ1v) is 5.30. The molecule has 0 saturated carbocycles. The zero-order valence-electron chi connectivity index (χ0n) is 9.25. The standard InChI is InChI=1S/C10H17N3O2/c1-13(2)9(14)8-6-10(15-12-8)4-3-5-11-7-10/h11H,3-7H2,1-2H3. The van der Waals surface area contributed by atoms with Gasteiger partial charge in [-0.2, -0.15) is 0 Å². The van der Waals surface area contributed by atoms with Crippen molar-refractivity contribution in [1.29, 1.82) is 0 Å². The van der Waals surface area contributed by atoms with Crippen molar-refractivity contribution in [1.82, 2.24) is 10.2 Å². The Balaban J connectivity index is 2.00. The third kappa shape index (κ3) is 1.97. The van der Waals surface area contributed by atoms with Crippen molar-refractivity contribution in [3.8, 4) is 0 Å². The van der Waals surface area contributed by atoms with Gasteiger partial charge in [-0.25, -0.2) is 0 Å². The summed E-state index contributed by atoms with van der Waals surface area (Å²) in [7, 11) is 3.46. The van der Waals surface area contributed by atoms with Gasteiger partial charge in [-0.3, -0.25) is 4.79 Å². The van der Waals surface area contributed by atoms with Crippen LogP contribution < -0.4 is 5.32 Å². The van der Waals surface area contributed by atoms with Gasteiger partial charge in [0.25, 0.3) is 5.91 Å². The quantitative estimate of drug-likeness (QED) is 0.663. The maximum absolute atomic E-state index is 11.7. The molecular weight excluding hydrogens is 194 g/mol. The van der Waals surface area contributed by atoms with Crippen LogP contribution >= 0.6 is 0 Å². The molecular formula is C10H17N3O2. The molecule has 2 aliphatic heterocycles. The van der Waals surface area contributed by atoms with E-state index in [2.05, 4.69) is 10.5 Å². The topological polar surface area (TPSA) is 53.9 Å². The zero-order valence-corrected chi connectivity index (χ0v) is 9.25. The van der Waals surface area contributed by atoms with Gasteiger partial charge in [0.1, 0.15) is 5.71 Å². The molecule has 1 spiro atoms. The highest BCUT2D eigenvalue weighted by Gasteiger charge is 2.42. The van der Waals surface area contributed by atoms with Gasteiger partial charge in [0.05, 0.1) is 0 Å². The van der Waals surface area contributed by atoms with E-state index in [0.29, 0.717) is 12.1 Å². The fourth-order valence-electron chi connectivity index (χ4n) is 2.06. The lowest BCUT2D eigenvalue weighted by molar-refractivity contribution is -0.121. The van der Waals surface area contributed by atoms with Crippen LogP contribution in [0.15, 0.2) is 5.16 Å². The van der Waals surface area contributed by atoms with Gasteiger partial charge in [0.15, 0.2) is 5.60 Å². The van der Waals surface area contributed by atoms with Gasteiger partial charge in [-0.1, -0.05) is 5.16 Å². The van der Waals surface area contributed by atoms with Crippen LogP contribution in [-0.2, 0) is 9.63 Å². The lowest BCUT2D eigenvalue weighted by atomic mass is 9.89. The number of oxime groups is 1. The minimum absolute atomic E-state index is 0.0440. The van der Waals surface area contributed by atoms with Gasteiger partial charge in [0, 0.05) is 27.1 Å². The summed E-state index contributed by atoms with van der Waals surface area (Å²) in [5.74, 6) is -0.0440. The Morgan fingerprint density at radius 1 is 1.60 bits per heavy atom. The number of carbonyl (C=O) groups excluding carboxylic acids is 1. The molecule has 0 bridgehead atoms. The highest BCUT2D eigenvalue weighted by Crippen LogP contribution is 2.30. The fraction of sp³-hybridized carbons (Fsp3) is 0.800. The number of piperidine rings is 1. The van der Waals surface area contributed by atoms with Gasteiger partial charge in [-0.15, -0.1) is 0 Å². The number of hydrogen-bond acceptors (Lipinski definition) is 4. The summed E-state index contributed by atoms with van der Waals surface area (Å²) in [6.45, 7) is 1.82. The lowest BCUT2D eigenvalue weighted by Crippen LogP contribution is -2.46. The monoisotopic (exact) mass is 211 g/mol. The van der Waals surface area contributed by atoms with Gasteiger partial charge in [0.2, 0.25) is 0 Å². The molecule has 2 aliphatic rings. The molecule has 2 rings (SSSR count). The number of hydrogen-bond donors (Lipinski definition) is 1. The molecule has 0 aromatic heterocycles. The van der Waals surface area contributed by atoms with E-state index in [9.17, 15) is 4.79 Å². The summed E-state index contributed by atoms with van der Waals surface area (Å²) in [5, 5.41) is 7.20. The first-order chi connectivity index (χ1) is 7.13. The first-order valence-electron chi connectivity index (χ1n) is 5.30. The maximum atomic E-state index is 11.7. The summed E-state index contributed by atoms with van der Waals surface area (Å²) < 4.78 is 0. The second-order valence-electron chi connectivity index (χ2n) is 4.47. The summed E-state index contributed by atoms with van der Waals surface area (Å²) in [6.07, 6.45) is 2.70. The Bertz CT molecular complexity index is 293. The number of carbonyl (C=O) groups is 1. The average Bonchev–Trinajstić information content (AvgIpc) is 2.62. The van der Waals surface area contributed by atoms with E-state index in [0.717, 1.165) is 25.9 Å². The van der Waals surface area contributed by atoms with E-state index in [-0.39, 0.29) is 11.5 Å². The fourth-order valence-corrected chi connectivity index (χ4v) is 2.06. The maximum Gasteiger partial charge on any atom is 0.271 e. The van der Waals surface area contributed by atoms with Crippen molar-refractivity contribution in [3.63, 3.8) is 0 Å². The Labute approximate surface area is 89.4 Å². The third-order valence-corrected chi connectivity index (χ3v) is 2.93. The molecule has 2 heterocycles. The van der Waals surface area contributed by atoms with Gasteiger partial charge < -0.3 is 15.1 Å². The van der Waals surface area contributed by atoms with Crippen molar-refractivity contribution in [3.05, 3.63) is 0 Å². The van der Waals surface area contributed by atoms with Gasteiger partial charge >= 0.3 is 0 Å². The number of rotatable bonds is 1. The predicted octanol–water partition coefficient (Wildman–Crippen LogP) is -0.0269. The summed E-state index contributed by atoms with van der Waals surface area (Å²) >= 11 is 0. The molecule has 0 aromatic carbocycles. The molecule has 0 aromatic rings. The second kappa shape index (κ2) is 3.81. The van der Waals surface area contributed by atoms with E-state index < -0.39 is 0 Å². The molecule has 5 nitrogen and oxygen atoms in total. The molecule has 84 valence electrons. The molecule has 0 radical (unpaired) electrons. The second-order valence-corrected chi connectivity index (χ2v) is 4.47. The molecule has 5 heteroatoms. The minimum atomic E-state index is -0.251. The minimum Gasteiger partial charge on any atom is -0.387 e. The van der Waals surface area contributed by atoms with Crippen molar-refractivity contribution in [2.75, 3.05) is 27.2 Å². The normalized spacial score (nSPS) is 29.9. The molecule has 1 saturated heterocycles. The van der Waals surface area contributed by atoms with Crippen LogP contribution in [0.5, 0.6) is 0 Å². The smallest absolute Gasteiger partial charge is 0.271 e. The molecule has 1 N–H and O–H groups in total. The van der Waals surface area contributed by atoms with E-state index >= 15 is 0 Å². The van der Waals surface area contributed by atoms with Gasteiger partial charge in [-0.05, 0) is 19.4 Å².